The van der Waals surface area contributed by atoms with Gasteiger partial charge in [0, 0.05) is 13.6 Å². The van der Waals surface area contributed by atoms with E-state index in [9.17, 15) is 0 Å². The first-order chi connectivity index (χ1) is 4.57. The average molecular weight is 143 g/mol. The van der Waals surface area contributed by atoms with E-state index in [4.69, 9.17) is 16.9 Å². The lowest BCUT2D eigenvalue weighted by Crippen LogP contribution is -2.35. The predicted octanol–water partition coefficient (Wildman–Crippen LogP) is -0.854. The lowest BCUT2D eigenvalue weighted by atomic mass is 10.6. The molecule has 0 saturated heterocycles. The Kier molecular flexibility index (Phi) is 3.24. The summed E-state index contributed by atoms with van der Waals surface area (Å²) in [5.41, 5.74) is 10.4. The Hall–Kier alpha value is -1.26. The highest BCUT2D eigenvalue weighted by Crippen LogP contribution is 1.79. The molecule has 0 unspecified atom stereocenters. The second-order valence-electron chi connectivity index (χ2n) is 1.87. The maximum atomic E-state index is 6.78. The highest BCUT2D eigenvalue weighted by atomic mass is 15.2. The summed E-state index contributed by atoms with van der Waals surface area (Å²) in [6.45, 7) is 2.69. The van der Waals surface area contributed by atoms with Crippen molar-refractivity contribution in [3.8, 4) is 0 Å². The van der Waals surface area contributed by atoms with E-state index in [1.165, 1.54) is 0 Å². The zero-order valence-electron chi connectivity index (χ0n) is 6.26. The number of nitrogens with zero attached hydrogens (tertiary/aromatic N) is 2. The van der Waals surface area contributed by atoms with E-state index in [1.807, 2.05) is 6.92 Å². The van der Waals surface area contributed by atoms with E-state index >= 15 is 0 Å². The molecule has 0 fully saturated rings. The van der Waals surface area contributed by atoms with Gasteiger partial charge in [0.05, 0.1) is 0 Å². The van der Waals surface area contributed by atoms with Gasteiger partial charge < -0.3 is 16.4 Å². The molecule has 5 nitrogen and oxygen atoms in total. The second kappa shape index (κ2) is 3.71. The molecular formula is C5H13N5. The van der Waals surface area contributed by atoms with Gasteiger partial charge in [-0.3, -0.25) is 5.41 Å². The molecule has 5 N–H and O–H groups in total. The van der Waals surface area contributed by atoms with Crippen molar-refractivity contribution in [3.05, 3.63) is 0 Å². The molecule has 0 radical (unpaired) electrons. The van der Waals surface area contributed by atoms with Crippen molar-refractivity contribution in [2.75, 3.05) is 13.6 Å². The highest BCUT2D eigenvalue weighted by Gasteiger charge is 1.96. The second-order valence-corrected chi connectivity index (χ2v) is 1.87. The van der Waals surface area contributed by atoms with Crippen LogP contribution >= 0.6 is 0 Å². The third kappa shape index (κ3) is 2.91. The van der Waals surface area contributed by atoms with Crippen molar-refractivity contribution >= 4 is 11.9 Å². The van der Waals surface area contributed by atoms with Gasteiger partial charge in [-0.2, -0.15) is 4.99 Å². The van der Waals surface area contributed by atoms with Crippen molar-refractivity contribution in [2.45, 2.75) is 6.92 Å². The van der Waals surface area contributed by atoms with Crippen LogP contribution in [0.1, 0.15) is 6.92 Å². The van der Waals surface area contributed by atoms with Crippen molar-refractivity contribution in [1.82, 2.24) is 4.90 Å². The van der Waals surface area contributed by atoms with Crippen molar-refractivity contribution in [1.29, 1.82) is 5.41 Å². The van der Waals surface area contributed by atoms with Crippen LogP contribution < -0.4 is 11.5 Å². The number of hydrogen-bond acceptors (Lipinski definition) is 1. The summed E-state index contributed by atoms with van der Waals surface area (Å²) >= 11 is 0. The molecule has 0 heterocycles. The van der Waals surface area contributed by atoms with Crippen LogP contribution in [0.3, 0.4) is 0 Å². The predicted molar refractivity (Wildman–Crippen MR) is 41.8 cm³/mol. The number of guanidine groups is 2. The van der Waals surface area contributed by atoms with E-state index in [-0.39, 0.29) is 11.9 Å². The van der Waals surface area contributed by atoms with Gasteiger partial charge in [0.2, 0.25) is 5.96 Å². The van der Waals surface area contributed by atoms with Gasteiger partial charge in [0.25, 0.3) is 0 Å². The fourth-order valence-electron chi connectivity index (χ4n) is 0.371. The molecule has 58 valence electrons. The average Bonchev–Trinajstić information content (AvgIpc) is 1.85. The minimum absolute atomic E-state index is 0.266. The lowest BCUT2D eigenvalue weighted by Gasteiger charge is -2.13. The standard InChI is InChI=1S/C5H13N5/c1-3-10(2)5(8)9-4(6)7/h3H2,1-2H3,(H5,6,7,8,9). The highest BCUT2D eigenvalue weighted by molar-refractivity contribution is 5.91. The molecule has 0 aromatic rings. The van der Waals surface area contributed by atoms with E-state index in [2.05, 4.69) is 4.99 Å². The zero-order valence-corrected chi connectivity index (χ0v) is 6.26. The topological polar surface area (TPSA) is 91.5 Å². The molecule has 0 bridgehead atoms. The van der Waals surface area contributed by atoms with Gasteiger partial charge in [-0.15, -0.1) is 0 Å². The first kappa shape index (κ1) is 8.74. The Morgan fingerprint density at radius 3 is 2.40 bits per heavy atom. The van der Waals surface area contributed by atoms with E-state index in [1.54, 1.807) is 11.9 Å². The molecular weight excluding hydrogens is 130 g/mol. The molecule has 0 rings (SSSR count). The molecule has 0 aliphatic carbocycles. The first-order valence-electron chi connectivity index (χ1n) is 2.97. The third-order valence-corrected chi connectivity index (χ3v) is 1.10. The van der Waals surface area contributed by atoms with Gasteiger partial charge in [-0.25, -0.2) is 0 Å². The van der Waals surface area contributed by atoms with Crippen molar-refractivity contribution in [2.24, 2.45) is 16.5 Å². The van der Waals surface area contributed by atoms with Crippen LogP contribution in [0.5, 0.6) is 0 Å². The number of aliphatic imine (C=N–C) groups is 1. The summed E-state index contributed by atoms with van der Waals surface area (Å²) in [6, 6.07) is 0. The van der Waals surface area contributed by atoms with E-state index in [0.717, 1.165) is 6.54 Å². The molecule has 0 aromatic carbocycles. The Balaban J connectivity index is 4.04. The third-order valence-electron chi connectivity index (χ3n) is 1.10. The lowest BCUT2D eigenvalue weighted by molar-refractivity contribution is 0.530. The molecule has 0 aliphatic rings. The monoisotopic (exact) mass is 143 g/mol. The number of nitrogens with two attached hydrogens (primary N) is 2. The van der Waals surface area contributed by atoms with Crippen LogP contribution in [0.2, 0.25) is 0 Å². The summed E-state index contributed by atoms with van der Waals surface area (Å²) in [5, 5.41) is 6.78. The molecule has 0 amide bonds. The Bertz CT molecular complexity index is 150. The maximum Gasteiger partial charge on any atom is 0.215 e. The van der Waals surface area contributed by atoms with Gasteiger partial charge in [0.15, 0.2) is 5.96 Å². The van der Waals surface area contributed by atoms with Crippen LogP contribution in [0.15, 0.2) is 4.99 Å². The summed E-state index contributed by atoms with van der Waals surface area (Å²) in [6.07, 6.45) is 0. The SMILES string of the molecule is CCN(C)C(N)=NC(=N)N. The Labute approximate surface area is 60.2 Å². The quantitative estimate of drug-likeness (QED) is 0.329. The largest absolute Gasteiger partial charge is 0.369 e. The molecule has 0 aliphatic heterocycles. The van der Waals surface area contributed by atoms with E-state index in [0.29, 0.717) is 0 Å². The molecule has 0 atom stereocenters. The summed E-state index contributed by atoms with van der Waals surface area (Å²) in [4.78, 5) is 5.23. The summed E-state index contributed by atoms with van der Waals surface area (Å²) in [5.74, 6) is 0.00722. The summed E-state index contributed by atoms with van der Waals surface area (Å²) < 4.78 is 0. The molecule has 0 aromatic heterocycles. The number of nitrogens with one attached hydrogen (secondary N) is 1. The molecule has 10 heavy (non-hydrogen) atoms. The molecule has 5 heteroatoms. The van der Waals surface area contributed by atoms with Crippen LogP contribution in [0, 0.1) is 5.41 Å². The fraction of sp³-hybridized carbons (Fsp3) is 0.600. The normalized spacial score (nSPS) is 11.2. The van der Waals surface area contributed by atoms with Gasteiger partial charge >= 0.3 is 0 Å². The van der Waals surface area contributed by atoms with Crippen LogP contribution in [0.25, 0.3) is 0 Å². The number of rotatable bonds is 1. The van der Waals surface area contributed by atoms with E-state index < -0.39 is 0 Å². The maximum absolute atomic E-state index is 6.78. The minimum atomic E-state index is -0.266. The van der Waals surface area contributed by atoms with Crippen LogP contribution in [0.4, 0.5) is 0 Å². The van der Waals surface area contributed by atoms with Gasteiger partial charge in [-0.05, 0) is 6.92 Å². The van der Waals surface area contributed by atoms with Gasteiger partial charge in [-0.1, -0.05) is 0 Å². The molecule has 0 saturated carbocycles. The first-order valence-corrected chi connectivity index (χ1v) is 2.97. The minimum Gasteiger partial charge on any atom is -0.369 e. The Morgan fingerprint density at radius 2 is 2.10 bits per heavy atom. The smallest absolute Gasteiger partial charge is 0.215 e. The van der Waals surface area contributed by atoms with Crippen LogP contribution in [-0.4, -0.2) is 30.4 Å². The Morgan fingerprint density at radius 1 is 1.60 bits per heavy atom. The van der Waals surface area contributed by atoms with Crippen molar-refractivity contribution in [3.63, 3.8) is 0 Å². The number of hydrogen-bond donors (Lipinski definition) is 3. The summed E-state index contributed by atoms with van der Waals surface area (Å²) in [7, 11) is 1.78. The zero-order chi connectivity index (χ0) is 8.15. The molecule has 0 spiro atoms. The van der Waals surface area contributed by atoms with Gasteiger partial charge in [0.1, 0.15) is 0 Å². The van der Waals surface area contributed by atoms with Crippen LogP contribution in [-0.2, 0) is 0 Å². The van der Waals surface area contributed by atoms with Crippen molar-refractivity contribution < 1.29 is 0 Å². The fourth-order valence-corrected chi connectivity index (χ4v) is 0.371.